The highest BCUT2D eigenvalue weighted by Crippen LogP contribution is 2.25. The summed E-state index contributed by atoms with van der Waals surface area (Å²) in [7, 11) is 0. The molecule has 0 aliphatic rings. The summed E-state index contributed by atoms with van der Waals surface area (Å²) in [5, 5.41) is 13.4. The van der Waals surface area contributed by atoms with Gasteiger partial charge in [-0.25, -0.2) is 0 Å². The van der Waals surface area contributed by atoms with Crippen LogP contribution in [0.25, 0.3) is 10.8 Å². The summed E-state index contributed by atoms with van der Waals surface area (Å²) in [6.07, 6.45) is 4.17. The van der Waals surface area contributed by atoms with Crippen molar-refractivity contribution in [3.63, 3.8) is 0 Å². The molecule has 0 saturated heterocycles. The highest BCUT2D eigenvalue weighted by molar-refractivity contribution is 9.10. The Hall–Kier alpha value is -3.12. The molecule has 6 heteroatoms. The lowest BCUT2D eigenvalue weighted by molar-refractivity contribution is 0.102. The molecule has 1 amide bonds. The van der Waals surface area contributed by atoms with Crippen molar-refractivity contribution < 1.29 is 4.79 Å². The number of carbonyl (C=O) groups is 1. The molecular formula is C21H15BrN4O. The first-order chi connectivity index (χ1) is 13.2. The first kappa shape index (κ1) is 17.3. The van der Waals surface area contributed by atoms with E-state index in [4.69, 9.17) is 0 Å². The summed E-state index contributed by atoms with van der Waals surface area (Å²) >= 11 is 3.37. The van der Waals surface area contributed by atoms with Crippen LogP contribution in [-0.2, 0) is 6.42 Å². The van der Waals surface area contributed by atoms with Crippen molar-refractivity contribution >= 4 is 38.4 Å². The maximum Gasteiger partial charge on any atom is 0.256 e. The molecule has 0 aliphatic carbocycles. The Morgan fingerprint density at radius 2 is 1.59 bits per heavy atom. The van der Waals surface area contributed by atoms with Crippen molar-refractivity contribution in [3.8, 4) is 0 Å². The minimum absolute atomic E-state index is 0.219. The van der Waals surface area contributed by atoms with Gasteiger partial charge in [-0.3, -0.25) is 9.78 Å². The molecule has 0 spiro atoms. The molecule has 0 unspecified atom stereocenters. The third kappa shape index (κ3) is 3.85. The van der Waals surface area contributed by atoms with Gasteiger partial charge in [0.05, 0.1) is 5.69 Å². The maximum atomic E-state index is 12.5. The summed E-state index contributed by atoms with van der Waals surface area (Å²) in [5.41, 5.74) is 2.53. The fourth-order valence-electron chi connectivity index (χ4n) is 2.86. The Morgan fingerprint density at radius 3 is 2.33 bits per heavy atom. The highest BCUT2D eigenvalue weighted by Gasteiger charge is 2.13. The van der Waals surface area contributed by atoms with E-state index in [9.17, 15) is 4.79 Å². The zero-order valence-corrected chi connectivity index (χ0v) is 15.8. The molecule has 27 heavy (non-hydrogen) atoms. The number of hydrogen-bond acceptors (Lipinski definition) is 4. The summed E-state index contributed by atoms with van der Waals surface area (Å²) < 4.78 is 0.921. The number of rotatable bonds is 4. The zero-order chi connectivity index (χ0) is 18.6. The number of carbonyl (C=O) groups excluding carboxylic acids is 1. The van der Waals surface area contributed by atoms with Crippen LogP contribution < -0.4 is 5.32 Å². The Morgan fingerprint density at radius 1 is 0.889 bits per heavy atom. The molecule has 4 aromatic rings. The van der Waals surface area contributed by atoms with Crippen LogP contribution >= 0.6 is 15.9 Å². The van der Waals surface area contributed by atoms with E-state index >= 15 is 0 Å². The van der Waals surface area contributed by atoms with E-state index < -0.39 is 0 Å². The van der Waals surface area contributed by atoms with Crippen LogP contribution in [0.5, 0.6) is 0 Å². The van der Waals surface area contributed by atoms with Gasteiger partial charge in [0.25, 0.3) is 5.91 Å². The fourth-order valence-corrected chi connectivity index (χ4v) is 3.12. The molecule has 0 saturated carbocycles. The van der Waals surface area contributed by atoms with Crippen LogP contribution in [0.4, 0.5) is 5.82 Å². The molecule has 5 nitrogen and oxygen atoms in total. The zero-order valence-electron chi connectivity index (χ0n) is 14.3. The van der Waals surface area contributed by atoms with Crippen LogP contribution in [0.3, 0.4) is 0 Å². The second kappa shape index (κ2) is 7.63. The lowest BCUT2D eigenvalue weighted by Crippen LogP contribution is -2.14. The Kier molecular flexibility index (Phi) is 4.89. The fraction of sp³-hybridized carbons (Fsp3) is 0.0476. The molecule has 1 N–H and O–H groups in total. The average molecular weight is 419 g/mol. The van der Waals surface area contributed by atoms with Gasteiger partial charge in [0.2, 0.25) is 0 Å². The number of amides is 1. The lowest BCUT2D eigenvalue weighted by atomic mass is 10.0. The van der Waals surface area contributed by atoms with Gasteiger partial charge in [-0.1, -0.05) is 40.2 Å². The van der Waals surface area contributed by atoms with E-state index in [-0.39, 0.29) is 5.91 Å². The predicted octanol–water partition coefficient (Wildman–Crippen LogP) is 4.63. The molecule has 2 heterocycles. The van der Waals surface area contributed by atoms with Gasteiger partial charge < -0.3 is 5.32 Å². The largest absolute Gasteiger partial charge is 0.305 e. The standard InChI is InChI=1S/C21H15BrN4O/c22-16-7-5-15(6-8-16)21(27)24-20-18-4-2-1-3-17(18)19(25-26-20)13-14-9-11-23-12-10-14/h1-12H,13H2,(H,24,26,27). The Labute approximate surface area is 164 Å². The van der Waals surface area contributed by atoms with Gasteiger partial charge in [-0.2, -0.15) is 5.10 Å². The first-order valence-corrected chi connectivity index (χ1v) is 9.20. The molecular weight excluding hydrogens is 404 g/mol. The van der Waals surface area contributed by atoms with Gasteiger partial charge in [0, 0.05) is 39.6 Å². The number of aromatic nitrogens is 3. The van der Waals surface area contributed by atoms with E-state index in [1.165, 1.54) is 0 Å². The van der Waals surface area contributed by atoms with Crippen molar-refractivity contribution in [2.24, 2.45) is 0 Å². The van der Waals surface area contributed by atoms with Crippen molar-refractivity contribution in [2.75, 3.05) is 5.32 Å². The number of halogens is 1. The maximum absolute atomic E-state index is 12.5. The van der Waals surface area contributed by atoms with E-state index in [1.807, 2.05) is 48.5 Å². The molecule has 0 atom stereocenters. The van der Waals surface area contributed by atoms with Gasteiger partial charge in [-0.15, -0.1) is 5.10 Å². The number of benzene rings is 2. The van der Waals surface area contributed by atoms with Gasteiger partial charge in [0.15, 0.2) is 5.82 Å². The number of nitrogens with zero attached hydrogens (tertiary/aromatic N) is 3. The predicted molar refractivity (Wildman–Crippen MR) is 109 cm³/mol. The SMILES string of the molecule is O=C(Nc1nnc(Cc2ccncc2)c2ccccc12)c1ccc(Br)cc1. The third-order valence-corrected chi connectivity index (χ3v) is 4.75. The molecule has 4 rings (SSSR count). The summed E-state index contributed by atoms with van der Waals surface area (Å²) in [4.78, 5) is 16.6. The lowest BCUT2D eigenvalue weighted by Gasteiger charge is -2.10. The van der Waals surface area contributed by atoms with Crippen molar-refractivity contribution in [1.29, 1.82) is 0 Å². The molecule has 0 aliphatic heterocycles. The van der Waals surface area contributed by atoms with E-state index in [0.717, 1.165) is 26.5 Å². The quantitative estimate of drug-likeness (QED) is 0.524. The Bertz CT molecular complexity index is 1100. The van der Waals surface area contributed by atoms with Crippen LogP contribution in [0, 0.1) is 0 Å². The number of nitrogens with one attached hydrogen (secondary N) is 1. The van der Waals surface area contributed by atoms with Crippen LogP contribution in [0.1, 0.15) is 21.6 Å². The normalized spacial score (nSPS) is 10.7. The number of anilines is 1. The minimum atomic E-state index is -0.219. The average Bonchev–Trinajstić information content (AvgIpc) is 2.71. The van der Waals surface area contributed by atoms with Crippen LogP contribution in [0.15, 0.2) is 77.5 Å². The second-order valence-electron chi connectivity index (χ2n) is 6.03. The summed E-state index contributed by atoms with van der Waals surface area (Å²) in [5.74, 6) is 0.237. The molecule has 0 bridgehead atoms. The smallest absolute Gasteiger partial charge is 0.256 e. The minimum Gasteiger partial charge on any atom is -0.305 e. The van der Waals surface area contributed by atoms with Crippen molar-refractivity contribution in [1.82, 2.24) is 15.2 Å². The topological polar surface area (TPSA) is 67.8 Å². The van der Waals surface area contributed by atoms with Gasteiger partial charge in [-0.05, 0) is 42.0 Å². The first-order valence-electron chi connectivity index (χ1n) is 8.41. The number of fused-ring (bicyclic) bond motifs is 1. The third-order valence-electron chi connectivity index (χ3n) is 4.22. The Balaban J connectivity index is 1.67. The molecule has 132 valence electrons. The van der Waals surface area contributed by atoms with Crippen LogP contribution in [0.2, 0.25) is 0 Å². The van der Waals surface area contributed by atoms with E-state index in [1.54, 1.807) is 24.5 Å². The molecule has 0 radical (unpaired) electrons. The van der Waals surface area contributed by atoms with Crippen molar-refractivity contribution in [2.45, 2.75) is 6.42 Å². The summed E-state index contributed by atoms with van der Waals surface area (Å²) in [6, 6.07) is 18.9. The molecule has 2 aromatic carbocycles. The number of pyridine rings is 1. The van der Waals surface area contributed by atoms with Gasteiger partial charge in [0.1, 0.15) is 0 Å². The van der Waals surface area contributed by atoms with E-state index in [0.29, 0.717) is 17.8 Å². The molecule has 0 fully saturated rings. The van der Waals surface area contributed by atoms with Gasteiger partial charge >= 0.3 is 0 Å². The van der Waals surface area contributed by atoms with Crippen LogP contribution in [-0.4, -0.2) is 21.1 Å². The molecule has 2 aromatic heterocycles. The second-order valence-corrected chi connectivity index (χ2v) is 6.95. The highest BCUT2D eigenvalue weighted by atomic mass is 79.9. The van der Waals surface area contributed by atoms with Crippen molar-refractivity contribution in [3.05, 3.63) is 94.4 Å². The van der Waals surface area contributed by atoms with E-state index in [2.05, 4.69) is 36.4 Å². The summed E-state index contributed by atoms with van der Waals surface area (Å²) in [6.45, 7) is 0. The monoisotopic (exact) mass is 418 g/mol. The number of hydrogen-bond donors (Lipinski definition) is 1.